The number of nitrogens with one attached hydrogen (secondary N) is 1. The standard InChI is InChI=1S/C16H16N4OS/c1-9-18-15(20-10-6-7-13(21-2)17-8-10)14-11-4-3-5-12(11)22-16(14)19-9/h6-8H,3-5H2,1-2H3,(H,18,19,20). The fourth-order valence-electron chi connectivity index (χ4n) is 2.90. The first-order chi connectivity index (χ1) is 10.7. The Balaban J connectivity index is 1.79. The molecule has 3 aromatic heterocycles. The smallest absolute Gasteiger partial charge is 0.213 e. The van der Waals surface area contributed by atoms with E-state index >= 15 is 0 Å². The number of thiophene rings is 1. The number of rotatable bonds is 3. The van der Waals surface area contributed by atoms with E-state index in [2.05, 4.69) is 20.3 Å². The molecule has 1 aliphatic carbocycles. The minimum absolute atomic E-state index is 0.603. The van der Waals surface area contributed by atoms with Crippen molar-refractivity contribution < 1.29 is 4.74 Å². The van der Waals surface area contributed by atoms with Crippen molar-refractivity contribution in [2.45, 2.75) is 26.2 Å². The van der Waals surface area contributed by atoms with Crippen molar-refractivity contribution in [3.63, 3.8) is 0 Å². The van der Waals surface area contributed by atoms with E-state index in [4.69, 9.17) is 4.74 Å². The molecule has 4 rings (SSSR count). The number of anilines is 2. The highest BCUT2D eigenvalue weighted by molar-refractivity contribution is 7.19. The van der Waals surface area contributed by atoms with Crippen LogP contribution >= 0.6 is 11.3 Å². The van der Waals surface area contributed by atoms with E-state index in [1.807, 2.05) is 19.1 Å². The lowest BCUT2D eigenvalue weighted by Gasteiger charge is -2.09. The Morgan fingerprint density at radius 2 is 2.14 bits per heavy atom. The van der Waals surface area contributed by atoms with E-state index in [1.165, 1.54) is 28.7 Å². The first kappa shape index (κ1) is 13.5. The second-order valence-corrected chi connectivity index (χ2v) is 6.45. The van der Waals surface area contributed by atoms with Crippen molar-refractivity contribution in [2.75, 3.05) is 12.4 Å². The second kappa shape index (κ2) is 5.21. The van der Waals surface area contributed by atoms with Gasteiger partial charge in [-0.2, -0.15) is 0 Å². The molecule has 0 saturated heterocycles. The summed E-state index contributed by atoms with van der Waals surface area (Å²) in [4.78, 5) is 16.0. The molecule has 1 N–H and O–H groups in total. The zero-order chi connectivity index (χ0) is 15.1. The maximum Gasteiger partial charge on any atom is 0.213 e. The molecular formula is C16H16N4OS. The molecule has 0 saturated carbocycles. The highest BCUT2D eigenvalue weighted by Gasteiger charge is 2.21. The van der Waals surface area contributed by atoms with Gasteiger partial charge in [0.05, 0.1) is 24.4 Å². The number of aromatic nitrogens is 3. The summed E-state index contributed by atoms with van der Waals surface area (Å²) in [6.07, 6.45) is 5.28. The predicted molar refractivity (Wildman–Crippen MR) is 88.2 cm³/mol. The SMILES string of the molecule is COc1ccc(Nc2nc(C)nc3sc4c(c23)CCC4)cn1. The van der Waals surface area contributed by atoms with Crippen LogP contribution in [0.3, 0.4) is 0 Å². The normalized spacial score (nSPS) is 13.4. The Kier molecular flexibility index (Phi) is 3.18. The third-order valence-electron chi connectivity index (χ3n) is 3.88. The third-order valence-corrected chi connectivity index (χ3v) is 5.07. The van der Waals surface area contributed by atoms with Crippen LogP contribution in [-0.4, -0.2) is 22.1 Å². The number of pyridine rings is 1. The van der Waals surface area contributed by atoms with Crippen molar-refractivity contribution in [2.24, 2.45) is 0 Å². The van der Waals surface area contributed by atoms with Crippen LogP contribution in [0.1, 0.15) is 22.7 Å². The van der Waals surface area contributed by atoms with Crippen LogP contribution in [0, 0.1) is 6.92 Å². The highest BCUT2D eigenvalue weighted by Crippen LogP contribution is 2.40. The Morgan fingerprint density at radius 3 is 2.91 bits per heavy atom. The number of fused-ring (bicyclic) bond motifs is 3. The molecule has 1 aliphatic rings. The molecule has 6 heteroatoms. The van der Waals surface area contributed by atoms with E-state index in [-0.39, 0.29) is 0 Å². The number of methoxy groups -OCH3 is 1. The lowest BCUT2D eigenvalue weighted by Crippen LogP contribution is -1.99. The summed E-state index contributed by atoms with van der Waals surface area (Å²) in [6.45, 7) is 1.93. The fraction of sp³-hybridized carbons (Fsp3) is 0.312. The molecular weight excluding hydrogens is 296 g/mol. The van der Waals surface area contributed by atoms with Gasteiger partial charge in [0, 0.05) is 10.9 Å². The van der Waals surface area contributed by atoms with Crippen molar-refractivity contribution in [1.82, 2.24) is 15.0 Å². The number of ether oxygens (including phenoxy) is 1. The number of hydrogen-bond donors (Lipinski definition) is 1. The van der Waals surface area contributed by atoms with Crippen LogP contribution < -0.4 is 10.1 Å². The minimum atomic E-state index is 0.603. The molecule has 0 aromatic carbocycles. The summed E-state index contributed by atoms with van der Waals surface area (Å²) in [5.41, 5.74) is 2.32. The molecule has 0 amide bonds. The van der Waals surface area contributed by atoms with Crippen LogP contribution in [0.2, 0.25) is 0 Å². The third kappa shape index (κ3) is 2.20. The zero-order valence-corrected chi connectivity index (χ0v) is 13.3. The molecule has 0 radical (unpaired) electrons. The van der Waals surface area contributed by atoms with Crippen LogP contribution in [0.4, 0.5) is 11.5 Å². The van der Waals surface area contributed by atoms with Gasteiger partial charge in [-0.3, -0.25) is 0 Å². The average molecular weight is 312 g/mol. The van der Waals surface area contributed by atoms with Gasteiger partial charge in [0.2, 0.25) is 5.88 Å². The van der Waals surface area contributed by atoms with Crippen LogP contribution in [0.5, 0.6) is 5.88 Å². The molecule has 0 bridgehead atoms. The van der Waals surface area contributed by atoms with Crippen LogP contribution in [0.25, 0.3) is 10.2 Å². The number of aryl methyl sites for hydroxylation is 3. The summed E-state index contributed by atoms with van der Waals surface area (Å²) in [5.74, 6) is 2.27. The van der Waals surface area contributed by atoms with Crippen molar-refractivity contribution in [1.29, 1.82) is 0 Å². The molecule has 5 nitrogen and oxygen atoms in total. The van der Waals surface area contributed by atoms with E-state index < -0.39 is 0 Å². The van der Waals surface area contributed by atoms with Gasteiger partial charge in [-0.25, -0.2) is 15.0 Å². The minimum Gasteiger partial charge on any atom is -0.481 e. The lowest BCUT2D eigenvalue weighted by atomic mass is 10.2. The molecule has 3 heterocycles. The molecule has 3 aromatic rings. The van der Waals surface area contributed by atoms with Gasteiger partial charge in [0.15, 0.2) is 0 Å². The molecule has 0 aliphatic heterocycles. The lowest BCUT2D eigenvalue weighted by molar-refractivity contribution is 0.398. The Hall–Kier alpha value is -2.21. The fourth-order valence-corrected chi connectivity index (χ4v) is 4.21. The van der Waals surface area contributed by atoms with Gasteiger partial charge in [-0.1, -0.05) is 0 Å². The zero-order valence-electron chi connectivity index (χ0n) is 12.5. The molecule has 0 unspecified atom stereocenters. The van der Waals surface area contributed by atoms with Crippen molar-refractivity contribution in [3.8, 4) is 5.88 Å². The van der Waals surface area contributed by atoms with Crippen molar-refractivity contribution >= 4 is 33.1 Å². The average Bonchev–Trinajstić information content (AvgIpc) is 3.08. The molecule has 112 valence electrons. The Labute approximate surface area is 132 Å². The summed E-state index contributed by atoms with van der Waals surface area (Å²) in [5, 5.41) is 4.57. The van der Waals surface area contributed by atoms with Gasteiger partial charge < -0.3 is 10.1 Å². The van der Waals surface area contributed by atoms with Crippen molar-refractivity contribution in [3.05, 3.63) is 34.6 Å². The quantitative estimate of drug-likeness (QED) is 0.800. The first-order valence-corrected chi connectivity index (χ1v) is 8.12. The monoisotopic (exact) mass is 312 g/mol. The Bertz CT molecular complexity index is 841. The summed E-state index contributed by atoms with van der Waals surface area (Å²) < 4.78 is 5.09. The maximum atomic E-state index is 5.09. The van der Waals surface area contributed by atoms with Gasteiger partial charge >= 0.3 is 0 Å². The van der Waals surface area contributed by atoms with Gasteiger partial charge in [0.1, 0.15) is 16.5 Å². The Morgan fingerprint density at radius 1 is 1.23 bits per heavy atom. The second-order valence-electron chi connectivity index (χ2n) is 5.37. The largest absolute Gasteiger partial charge is 0.481 e. The van der Waals surface area contributed by atoms with Gasteiger partial charge in [0.25, 0.3) is 0 Å². The number of nitrogens with zero attached hydrogens (tertiary/aromatic N) is 3. The van der Waals surface area contributed by atoms with Gasteiger partial charge in [-0.15, -0.1) is 11.3 Å². The van der Waals surface area contributed by atoms with E-state index in [1.54, 1.807) is 24.6 Å². The summed E-state index contributed by atoms with van der Waals surface area (Å²) >= 11 is 1.80. The molecule has 0 fully saturated rings. The summed E-state index contributed by atoms with van der Waals surface area (Å²) in [7, 11) is 1.61. The molecule has 0 atom stereocenters. The topological polar surface area (TPSA) is 59.9 Å². The maximum absolute atomic E-state index is 5.09. The summed E-state index contributed by atoms with van der Waals surface area (Å²) in [6, 6.07) is 3.79. The number of hydrogen-bond acceptors (Lipinski definition) is 6. The van der Waals surface area contributed by atoms with E-state index in [0.717, 1.165) is 28.6 Å². The first-order valence-electron chi connectivity index (χ1n) is 7.30. The van der Waals surface area contributed by atoms with Crippen LogP contribution in [0.15, 0.2) is 18.3 Å². The van der Waals surface area contributed by atoms with Crippen LogP contribution in [-0.2, 0) is 12.8 Å². The predicted octanol–water partition coefficient (Wildman–Crippen LogP) is 3.64. The van der Waals surface area contributed by atoms with E-state index in [9.17, 15) is 0 Å². The molecule has 0 spiro atoms. The van der Waals surface area contributed by atoms with Gasteiger partial charge in [-0.05, 0) is 37.8 Å². The highest BCUT2D eigenvalue weighted by atomic mass is 32.1. The van der Waals surface area contributed by atoms with E-state index in [0.29, 0.717) is 5.88 Å². The molecule has 22 heavy (non-hydrogen) atoms.